The van der Waals surface area contributed by atoms with Crippen molar-refractivity contribution in [3.8, 4) is 0 Å². The first-order valence-electron chi connectivity index (χ1n) is 14.6. The molecule has 2 aliphatic rings. The Balaban J connectivity index is 1.11. The van der Waals surface area contributed by atoms with Gasteiger partial charge in [-0.05, 0) is 43.5 Å². The Morgan fingerprint density at radius 2 is 1.72 bits per heavy atom. The fourth-order valence-electron chi connectivity index (χ4n) is 5.43. The summed E-state index contributed by atoms with van der Waals surface area (Å²) in [5.74, 6) is 1.42. The average Bonchev–Trinajstić information content (AvgIpc) is 3.56. The van der Waals surface area contributed by atoms with E-state index >= 15 is 0 Å². The maximum atomic E-state index is 13.5. The van der Waals surface area contributed by atoms with Crippen LogP contribution < -0.4 is 10.2 Å². The lowest BCUT2D eigenvalue weighted by Crippen LogP contribution is -2.48. The predicted molar refractivity (Wildman–Crippen MR) is 162 cm³/mol. The van der Waals surface area contributed by atoms with Crippen LogP contribution in [0.15, 0.2) is 60.7 Å². The highest BCUT2D eigenvalue weighted by Crippen LogP contribution is 2.35. The summed E-state index contributed by atoms with van der Waals surface area (Å²) in [6.45, 7) is 4.25. The number of nitrogens with one attached hydrogen (secondary N) is 1. The molecule has 0 bridgehead atoms. The molecule has 3 aromatic rings. The lowest BCUT2D eigenvalue weighted by Gasteiger charge is -2.37. The van der Waals surface area contributed by atoms with Gasteiger partial charge in [0.15, 0.2) is 0 Å². The number of para-hydroxylation sites is 1. The predicted octanol–water partition coefficient (Wildman–Crippen LogP) is 5.37. The molecule has 0 saturated carbocycles. The second-order valence-corrected chi connectivity index (χ2v) is 11.8. The van der Waals surface area contributed by atoms with Crippen molar-refractivity contribution in [1.29, 1.82) is 0 Å². The standard InChI is InChI=1S/C31H36F3N5O3S/c32-31(33,34)28-20-27(24-10-4-5-11-25(24)35-28)38-16-14-37(15-17-38)13-7-6-12-26(29(40)39-18-19-43-22-39)36-30(41)42-21-23-8-2-1-3-9-23/h1-5,8-11,20,26H,6-7,12-19,21-22H2,(H,36,41). The minimum atomic E-state index is -4.51. The van der Waals surface area contributed by atoms with Gasteiger partial charge in [0.1, 0.15) is 18.3 Å². The summed E-state index contributed by atoms with van der Waals surface area (Å²) in [6.07, 6.45) is -3.05. The van der Waals surface area contributed by atoms with Crippen LogP contribution in [0.1, 0.15) is 30.5 Å². The molecule has 0 aliphatic carbocycles. The van der Waals surface area contributed by atoms with Crippen molar-refractivity contribution in [2.75, 3.05) is 55.8 Å². The molecule has 0 radical (unpaired) electrons. The van der Waals surface area contributed by atoms with Gasteiger partial charge >= 0.3 is 12.3 Å². The summed E-state index contributed by atoms with van der Waals surface area (Å²) in [4.78, 5) is 35.6. The van der Waals surface area contributed by atoms with Crippen LogP contribution in [0.5, 0.6) is 0 Å². The molecule has 3 heterocycles. The molecule has 2 amide bonds. The smallest absolute Gasteiger partial charge is 0.433 e. The Morgan fingerprint density at radius 1 is 0.977 bits per heavy atom. The maximum absolute atomic E-state index is 13.5. The number of anilines is 1. The molecule has 2 fully saturated rings. The molecule has 0 spiro atoms. The summed E-state index contributed by atoms with van der Waals surface area (Å²) in [5, 5.41) is 3.50. The molecule has 1 unspecified atom stereocenters. The van der Waals surface area contributed by atoms with Crippen LogP contribution in [-0.4, -0.2) is 83.7 Å². The van der Waals surface area contributed by atoms with Crippen LogP contribution in [0.3, 0.4) is 0 Å². The van der Waals surface area contributed by atoms with E-state index in [-0.39, 0.29) is 12.5 Å². The quantitative estimate of drug-likeness (QED) is 0.307. The Kier molecular flexibility index (Phi) is 10.3. The van der Waals surface area contributed by atoms with Crippen molar-refractivity contribution in [2.45, 2.75) is 38.1 Å². The number of hydrogen-bond donors (Lipinski definition) is 1. The van der Waals surface area contributed by atoms with Crippen molar-refractivity contribution in [3.05, 3.63) is 71.9 Å². The van der Waals surface area contributed by atoms with E-state index in [0.29, 0.717) is 48.5 Å². The maximum Gasteiger partial charge on any atom is 0.433 e. The number of benzene rings is 2. The molecule has 230 valence electrons. The van der Waals surface area contributed by atoms with E-state index in [1.807, 2.05) is 47.4 Å². The molecule has 8 nitrogen and oxygen atoms in total. The molecule has 2 saturated heterocycles. The van der Waals surface area contributed by atoms with E-state index in [1.54, 1.807) is 28.8 Å². The third-order valence-electron chi connectivity index (χ3n) is 7.78. The topological polar surface area (TPSA) is 78.0 Å². The van der Waals surface area contributed by atoms with Crippen LogP contribution in [-0.2, 0) is 22.3 Å². The van der Waals surface area contributed by atoms with Crippen LogP contribution in [0.25, 0.3) is 10.9 Å². The number of nitrogens with zero attached hydrogens (tertiary/aromatic N) is 4. The number of unbranched alkanes of at least 4 members (excludes halogenated alkanes) is 1. The number of amides is 2. The Labute approximate surface area is 253 Å². The highest BCUT2D eigenvalue weighted by Gasteiger charge is 2.34. The minimum Gasteiger partial charge on any atom is -0.445 e. The molecular weight excluding hydrogens is 579 g/mol. The summed E-state index contributed by atoms with van der Waals surface area (Å²) >= 11 is 1.69. The number of ether oxygens (including phenoxy) is 1. The van der Waals surface area contributed by atoms with Gasteiger partial charge in [0.2, 0.25) is 5.91 Å². The zero-order valence-corrected chi connectivity index (χ0v) is 24.7. The van der Waals surface area contributed by atoms with E-state index in [1.165, 1.54) is 0 Å². The van der Waals surface area contributed by atoms with Crippen molar-refractivity contribution in [2.24, 2.45) is 0 Å². The SMILES string of the molecule is O=C(NC(CCCCN1CCN(c2cc(C(F)(F)F)nc3ccccc23)CC1)C(=O)N1CCSC1)OCc1ccccc1. The van der Waals surface area contributed by atoms with Gasteiger partial charge in [-0.15, -0.1) is 11.8 Å². The van der Waals surface area contributed by atoms with Crippen molar-refractivity contribution in [3.63, 3.8) is 0 Å². The van der Waals surface area contributed by atoms with Gasteiger partial charge in [-0.3, -0.25) is 9.69 Å². The number of thioether (sulfide) groups is 1. The van der Waals surface area contributed by atoms with E-state index < -0.39 is 24.0 Å². The number of alkyl carbamates (subject to hydrolysis) is 1. The van der Waals surface area contributed by atoms with E-state index in [9.17, 15) is 22.8 Å². The summed E-state index contributed by atoms with van der Waals surface area (Å²) < 4.78 is 45.9. The Hall–Kier alpha value is -3.51. The van der Waals surface area contributed by atoms with Crippen LogP contribution in [0, 0.1) is 0 Å². The van der Waals surface area contributed by atoms with Gasteiger partial charge in [0.05, 0.1) is 11.4 Å². The Morgan fingerprint density at radius 3 is 2.44 bits per heavy atom. The van der Waals surface area contributed by atoms with Crippen LogP contribution in [0.4, 0.5) is 23.7 Å². The first-order chi connectivity index (χ1) is 20.8. The normalized spacial score (nSPS) is 16.8. The third-order valence-corrected chi connectivity index (χ3v) is 8.75. The van der Waals surface area contributed by atoms with Gasteiger partial charge in [0.25, 0.3) is 0 Å². The molecule has 2 aromatic carbocycles. The minimum absolute atomic E-state index is 0.0851. The number of aromatic nitrogens is 1. The summed E-state index contributed by atoms with van der Waals surface area (Å²) in [7, 11) is 0. The van der Waals surface area contributed by atoms with Crippen LogP contribution >= 0.6 is 11.8 Å². The van der Waals surface area contributed by atoms with E-state index in [4.69, 9.17) is 4.74 Å². The molecule has 1 N–H and O–H groups in total. The summed E-state index contributed by atoms with van der Waals surface area (Å²) in [5.41, 5.74) is 0.889. The molecular formula is C31H36F3N5O3S. The molecule has 2 aliphatic heterocycles. The van der Waals surface area contributed by atoms with Crippen LogP contribution in [0.2, 0.25) is 0 Å². The third kappa shape index (κ3) is 8.32. The molecule has 5 rings (SSSR count). The molecule has 1 aromatic heterocycles. The molecule has 12 heteroatoms. The lowest BCUT2D eigenvalue weighted by atomic mass is 10.1. The number of halogens is 3. The zero-order valence-electron chi connectivity index (χ0n) is 23.9. The van der Waals surface area contributed by atoms with Crippen molar-refractivity contribution >= 4 is 40.4 Å². The zero-order chi connectivity index (χ0) is 30.2. The largest absolute Gasteiger partial charge is 0.445 e. The number of pyridine rings is 1. The number of piperazine rings is 1. The van der Waals surface area contributed by atoms with Crippen molar-refractivity contribution < 1.29 is 27.5 Å². The second kappa shape index (κ2) is 14.3. The van der Waals surface area contributed by atoms with Gasteiger partial charge < -0.3 is 19.9 Å². The van der Waals surface area contributed by atoms with Gasteiger partial charge in [0, 0.05) is 49.6 Å². The monoisotopic (exact) mass is 615 g/mol. The molecule has 43 heavy (non-hydrogen) atoms. The number of fused-ring (bicyclic) bond motifs is 1. The number of rotatable bonds is 10. The second-order valence-electron chi connectivity index (χ2n) is 10.8. The van der Waals surface area contributed by atoms with E-state index in [0.717, 1.165) is 49.9 Å². The highest BCUT2D eigenvalue weighted by molar-refractivity contribution is 7.99. The van der Waals surface area contributed by atoms with Crippen molar-refractivity contribution in [1.82, 2.24) is 20.1 Å². The van der Waals surface area contributed by atoms with Gasteiger partial charge in [-0.1, -0.05) is 48.5 Å². The highest BCUT2D eigenvalue weighted by atomic mass is 32.2. The average molecular weight is 616 g/mol. The Bertz CT molecular complexity index is 1380. The fourth-order valence-corrected chi connectivity index (χ4v) is 6.39. The number of hydrogen-bond acceptors (Lipinski definition) is 7. The summed E-state index contributed by atoms with van der Waals surface area (Å²) in [6, 6.07) is 16.8. The number of carbonyl (C=O) groups excluding carboxylic acids is 2. The fraction of sp³-hybridized carbons (Fsp3) is 0.452. The first kappa shape index (κ1) is 30.9. The molecule has 1 atom stereocenters. The number of carbonyl (C=O) groups is 2. The lowest BCUT2D eigenvalue weighted by molar-refractivity contribution is -0.141. The first-order valence-corrected chi connectivity index (χ1v) is 15.7. The van der Waals surface area contributed by atoms with Gasteiger partial charge in [-0.2, -0.15) is 13.2 Å². The number of alkyl halides is 3. The van der Waals surface area contributed by atoms with E-state index in [2.05, 4.69) is 15.2 Å². The van der Waals surface area contributed by atoms with Gasteiger partial charge in [-0.25, -0.2) is 9.78 Å².